The summed E-state index contributed by atoms with van der Waals surface area (Å²) in [5.41, 5.74) is 3.17. The van der Waals surface area contributed by atoms with Crippen LogP contribution in [0, 0.1) is 23.2 Å². The van der Waals surface area contributed by atoms with Crippen molar-refractivity contribution < 1.29 is 14.9 Å². The van der Waals surface area contributed by atoms with Crippen LogP contribution in [0.25, 0.3) is 5.57 Å². The number of hydrogen-bond acceptors (Lipinski definition) is 4. The third-order valence-electron chi connectivity index (χ3n) is 7.59. The fraction of sp³-hybridized carbons (Fsp3) is 0.786. The van der Waals surface area contributed by atoms with Crippen LogP contribution in [0.5, 0.6) is 0 Å². The molecule has 6 heteroatoms. The topological polar surface area (TPSA) is 77.5 Å². The van der Waals surface area contributed by atoms with E-state index in [-0.39, 0.29) is 11.5 Å². The van der Waals surface area contributed by atoms with Gasteiger partial charge in [-0.1, -0.05) is 40.7 Å². The SMILES string of the molecule is CC1CC(C)C(OC(O)c2c(C3=CCCCC3)c[nH]c2NC(O)C(C)Cl)C(CCC(C)(C)C)C1. The van der Waals surface area contributed by atoms with Gasteiger partial charge in [-0.25, -0.2) is 0 Å². The van der Waals surface area contributed by atoms with Crippen LogP contribution < -0.4 is 5.32 Å². The van der Waals surface area contributed by atoms with Gasteiger partial charge in [0, 0.05) is 11.8 Å². The van der Waals surface area contributed by atoms with Gasteiger partial charge in [-0.3, -0.25) is 0 Å². The van der Waals surface area contributed by atoms with E-state index in [0.29, 0.717) is 29.1 Å². The minimum atomic E-state index is -1.08. The first kappa shape index (κ1) is 27.6. The van der Waals surface area contributed by atoms with Crippen molar-refractivity contribution in [3.8, 4) is 0 Å². The van der Waals surface area contributed by atoms with E-state index < -0.39 is 17.9 Å². The van der Waals surface area contributed by atoms with Crippen molar-refractivity contribution in [2.24, 2.45) is 23.2 Å². The Hall–Kier alpha value is -1.01. The lowest BCUT2D eigenvalue weighted by molar-refractivity contribution is -0.183. The Morgan fingerprint density at radius 1 is 1.21 bits per heavy atom. The Morgan fingerprint density at radius 2 is 1.94 bits per heavy atom. The number of ether oxygens (including phenoxy) is 1. The van der Waals surface area contributed by atoms with Gasteiger partial charge in [0.05, 0.1) is 17.0 Å². The number of allylic oxidation sites excluding steroid dienone is 2. The standard InChI is InChI=1S/C28H47ClN2O3/c1-17-14-18(2)24(21(15-17)12-13-28(4,5)6)34-27(33)23-22(20-10-8-7-9-11-20)16-30-25(23)31-26(32)19(3)29/h10,16-19,21,24,26-27,30-33H,7-9,11-15H2,1-6H3. The molecule has 3 rings (SSSR count). The summed E-state index contributed by atoms with van der Waals surface area (Å²) in [6.07, 6.45) is 11.0. The number of aromatic nitrogens is 1. The third kappa shape index (κ3) is 7.25. The van der Waals surface area contributed by atoms with Gasteiger partial charge in [0.25, 0.3) is 0 Å². The lowest BCUT2D eigenvalue weighted by Crippen LogP contribution is -2.39. The molecule has 4 N–H and O–H groups in total. The van der Waals surface area contributed by atoms with Crippen LogP contribution in [0.2, 0.25) is 0 Å². The molecule has 0 bridgehead atoms. The second kappa shape index (κ2) is 11.8. The monoisotopic (exact) mass is 494 g/mol. The van der Waals surface area contributed by atoms with Gasteiger partial charge < -0.3 is 25.3 Å². The van der Waals surface area contributed by atoms with Crippen molar-refractivity contribution in [1.29, 1.82) is 0 Å². The molecule has 194 valence electrons. The number of alkyl halides is 1. The summed E-state index contributed by atoms with van der Waals surface area (Å²) >= 11 is 6.11. The number of hydrogen-bond donors (Lipinski definition) is 4. The van der Waals surface area contributed by atoms with Crippen LogP contribution in [0.15, 0.2) is 12.3 Å². The Balaban J connectivity index is 1.87. The van der Waals surface area contributed by atoms with Gasteiger partial charge in [-0.15, -0.1) is 11.6 Å². The molecule has 0 saturated heterocycles. The van der Waals surface area contributed by atoms with Crippen LogP contribution in [0.4, 0.5) is 5.82 Å². The molecule has 1 aromatic heterocycles. The number of aromatic amines is 1. The predicted molar refractivity (Wildman–Crippen MR) is 142 cm³/mol. The van der Waals surface area contributed by atoms with E-state index in [1.54, 1.807) is 6.92 Å². The van der Waals surface area contributed by atoms with Crippen LogP contribution in [-0.2, 0) is 4.74 Å². The van der Waals surface area contributed by atoms with Gasteiger partial charge in [-0.05, 0) is 87.0 Å². The molecule has 2 aliphatic carbocycles. The summed E-state index contributed by atoms with van der Waals surface area (Å²) in [5.74, 6) is 2.06. The van der Waals surface area contributed by atoms with E-state index in [9.17, 15) is 10.2 Å². The van der Waals surface area contributed by atoms with Crippen LogP contribution in [0.1, 0.15) is 110 Å². The van der Waals surface area contributed by atoms with Crippen molar-refractivity contribution in [2.45, 2.75) is 117 Å². The van der Waals surface area contributed by atoms with Crippen molar-refractivity contribution in [3.63, 3.8) is 0 Å². The van der Waals surface area contributed by atoms with Crippen LogP contribution in [0.3, 0.4) is 0 Å². The van der Waals surface area contributed by atoms with E-state index in [2.05, 4.69) is 51.0 Å². The van der Waals surface area contributed by atoms with Gasteiger partial charge in [-0.2, -0.15) is 0 Å². The third-order valence-corrected chi connectivity index (χ3v) is 7.83. The largest absolute Gasteiger partial charge is 0.372 e. The summed E-state index contributed by atoms with van der Waals surface area (Å²) in [7, 11) is 0. The summed E-state index contributed by atoms with van der Waals surface area (Å²) in [4.78, 5) is 3.24. The molecule has 1 fully saturated rings. The predicted octanol–water partition coefficient (Wildman–Crippen LogP) is 7.21. The summed E-state index contributed by atoms with van der Waals surface area (Å²) in [6.45, 7) is 13.2. The Labute approximate surface area is 211 Å². The molecule has 2 aliphatic rings. The molecule has 1 aromatic rings. The highest BCUT2D eigenvalue weighted by Crippen LogP contribution is 2.43. The molecule has 0 amide bonds. The fourth-order valence-corrected chi connectivity index (χ4v) is 5.83. The second-order valence-electron chi connectivity index (χ2n) is 12.1. The smallest absolute Gasteiger partial charge is 0.185 e. The van der Waals surface area contributed by atoms with E-state index in [4.69, 9.17) is 16.3 Å². The number of rotatable bonds is 9. The highest BCUT2D eigenvalue weighted by molar-refractivity contribution is 6.20. The molecular weight excluding hydrogens is 448 g/mol. The quantitative estimate of drug-likeness (QED) is 0.216. The number of aliphatic hydroxyl groups is 2. The Bertz CT molecular complexity index is 813. The first-order valence-electron chi connectivity index (χ1n) is 13.3. The van der Waals surface area contributed by atoms with Crippen LogP contribution in [-0.4, -0.2) is 32.9 Å². The van der Waals surface area contributed by atoms with Gasteiger partial charge in [0.2, 0.25) is 0 Å². The maximum absolute atomic E-state index is 11.5. The lowest BCUT2D eigenvalue weighted by atomic mass is 9.71. The molecule has 0 radical (unpaired) electrons. The average molecular weight is 495 g/mol. The number of H-pyrrole nitrogens is 1. The Morgan fingerprint density at radius 3 is 2.56 bits per heavy atom. The molecule has 0 aliphatic heterocycles. The highest BCUT2D eigenvalue weighted by Gasteiger charge is 2.38. The first-order valence-corrected chi connectivity index (χ1v) is 13.7. The van der Waals surface area contributed by atoms with Crippen molar-refractivity contribution in [2.75, 3.05) is 5.32 Å². The van der Waals surface area contributed by atoms with E-state index >= 15 is 0 Å². The first-order chi connectivity index (χ1) is 16.0. The number of nitrogens with one attached hydrogen (secondary N) is 2. The minimum Gasteiger partial charge on any atom is -0.372 e. The molecule has 34 heavy (non-hydrogen) atoms. The van der Waals surface area contributed by atoms with E-state index in [1.807, 2.05) is 6.20 Å². The lowest BCUT2D eigenvalue weighted by Gasteiger charge is -2.41. The zero-order valence-corrected chi connectivity index (χ0v) is 22.8. The molecule has 1 saturated carbocycles. The molecule has 0 aromatic carbocycles. The number of anilines is 1. The zero-order chi connectivity index (χ0) is 25.0. The second-order valence-corrected chi connectivity index (χ2v) is 12.8. The van der Waals surface area contributed by atoms with Crippen molar-refractivity contribution in [1.82, 2.24) is 4.98 Å². The van der Waals surface area contributed by atoms with Crippen molar-refractivity contribution >= 4 is 23.0 Å². The van der Waals surface area contributed by atoms with Crippen LogP contribution >= 0.6 is 11.6 Å². The molecule has 1 heterocycles. The molecule has 5 nitrogen and oxygen atoms in total. The molecule has 0 spiro atoms. The number of aliphatic hydroxyl groups excluding tert-OH is 2. The summed E-state index contributed by atoms with van der Waals surface area (Å²) < 4.78 is 6.54. The Kier molecular flexibility index (Phi) is 9.58. The highest BCUT2D eigenvalue weighted by atomic mass is 35.5. The summed E-state index contributed by atoms with van der Waals surface area (Å²) in [6, 6.07) is 0. The molecular formula is C28H47ClN2O3. The minimum absolute atomic E-state index is 0.00126. The summed E-state index contributed by atoms with van der Waals surface area (Å²) in [5, 5.41) is 24.5. The normalized spacial score (nSPS) is 28.8. The molecule has 7 unspecified atom stereocenters. The maximum atomic E-state index is 11.5. The molecule has 7 atom stereocenters. The maximum Gasteiger partial charge on any atom is 0.185 e. The van der Waals surface area contributed by atoms with Crippen molar-refractivity contribution in [3.05, 3.63) is 23.4 Å². The fourth-order valence-electron chi connectivity index (χ4n) is 5.76. The average Bonchev–Trinajstić information content (AvgIpc) is 3.17. The van der Waals surface area contributed by atoms with Gasteiger partial charge in [0.15, 0.2) is 6.29 Å². The van der Waals surface area contributed by atoms with Gasteiger partial charge in [0.1, 0.15) is 12.0 Å². The van der Waals surface area contributed by atoms with E-state index in [0.717, 1.165) is 50.5 Å². The zero-order valence-electron chi connectivity index (χ0n) is 22.0. The van der Waals surface area contributed by atoms with Gasteiger partial charge >= 0.3 is 0 Å². The number of halogens is 1. The van der Waals surface area contributed by atoms with E-state index in [1.165, 1.54) is 12.0 Å².